The largest absolute Gasteiger partial charge is 0.493 e. The fourth-order valence-electron chi connectivity index (χ4n) is 2.34. The van der Waals surface area contributed by atoms with E-state index in [0.29, 0.717) is 17.2 Å². The van der Waals surface area contributed by atoms with E-state index in [1.54, 1.807) is 32.9 Å². The van der Waals surface area contributed by atoms with Crippen molar-refractivity contribution in [2.75, 3.05) is 19.5 Å². The van der Waals surface area contributed by atoms with E-state index in [1.807, 2.05) is 0 Å². The van der Waals surface area contributed by atoms with E-state index in [1.165, 1.54) is 14.2 Å². The van der Waals surface area contributed by atoms with Gasteiger partial charge in [0, 0.05) is 0 Å². The number of nitrogens with zero attached hydrogens (tertiary/aromatic N) is 1. The van der Waals surface area contributed by atoms with Crippen molar-refractivity contribution < 1.29 is 19.0 Å². The number of benzene rings is 1. The highest BCUT2D eigenvalue weighted by atomic mass is 16.6. The first-order valence-corrected chi connectivity index (χ1v) is 7.42. The van der Waals surface area contributed by atoms with Crippen molar-refractivity contribution in [1.29, 1.82) is 5.26 Å². The Labute approximate surface area is 136 Å². The summed E-state index contributed by atoms with van der Waals surface area (Å²) in [7, 11) is 3.01. The summed E-state index contributed by atoms with van der Waals surface area (Å²) in [4.78, 5) is 12.0. The molecule has 1 fully saturated rings. The van der Waals surface area contributed by atoms with Gasteiger partial charge in [0.1, 0.15) is 5.60 Å². The molecular formula is C17H22N2O4. The van der Waals surface area contributed by atoms with Crippen LogP contribution in [0.2, 0.25) is 0 Å². The van der Waals surface area contributed by atoms with E-state index in [-0.39, 0.29) is 0 Å². The van der Waals surface area contributed by atoms with Crippen molar-refractivity contribution in [2.45, 2.75) is 44.6 Å². The third kappa shape index (κ3) is 3.67. The second kappa shape index (κ2) is 5.99. The highest BCUT2D eigenvalue weighted by Crippen LogP contribution is 2.51. The first kappa shape index (κ1) is 16.9. The topological polar surface area (TPSA) is 80.6 Å². The van der Waals surface area contributed by atoms with Gasteiger partial charge in [0.25, 0.3) is 0 Å². The molecule has 0 aromatic heterocycles. The van der Waals surface area contributed by atoms with E-state index in [0.717, 1.165) is 18.4 Å². The quantitative estimate of drug-likeness (QED) is 0.917. The predicted molar refractivity (Wildman–Crippen MR) is 85.9 cm³/mol. The van der Waals surface area contributed by atoms with Crippen LogP contribution in [0, 0.1) is 11.3 Å². The molecule has 0 spiro atoms. The average molecular weight is 318 g/mol. The zero-order valence-electron chi connectivity index (χ0n) is 14.1. The summed E-state index contributed by atoms with van der Waals surface area (Å²) in [5, 5.41) is 12.1. The number of hydrogen-bond acceptors (Lipinski definition) is 5. The lowest BCUT2D eigenvalue weighted by molar-refractivity contribution is 0.0635. The van der Waals surface area contributed by atoms with E-state index < -0.39 is 17.1 Å². The molecule has 23 heavy (non-hydrogen) atoms. The summed E-state index contributed by atoms with van der Waals surface area (Å²) in [5.74, 6) is 0.869. The molecule has 0 heterocycles. The predicted octanol–water partition coefficient (Wildman–Crippen LogP) is 3.61. The van der Waals surface area contributed by atoms with Crippen LogP contribution in [-0.2, 0) is 10.2 Å². The molecule has 124 valence electrons. The van der Waals surface area contributed by atoms with E-state index in [4.69, 9.17) is 14.2 Å². The molecule has 0 radical (unpaired) electrons. The smallest absolute Gasteiger partial charge is 0.412 e. The zero-order chi connectivity index (χ0) is 17.3. The lowest BCUT2D eigenvalue weighted by Gasteiger charge is -2.21. The van der Waals surface area contributed by atoms with Gasteiger partial charge in [-0.25, -0.2) is 4.79 Å². The maximum atomic E-state index is 12.0. The van der Waals surface area contributed by atoms with Gasteiger partial charge in [-0.2, -0.15) is 5.26 Å². The summed E-state index contributed by atoms with van der Waals surface area (Å²) < 4.78 is 16.0. The number of hydrogen-bond donors (Lipinski definition) is 1. The molecule has 1 aromatic carbocycles. The van der Waals surface area contributed by atoms with Crippen molar-refractivity contribution in [3.8, 4) is 17.6 Å². The third-order valence-electron chi connectivity index (χ3n) is 3.63. The molecule has 0 saturated heterocycles. The molecule has 0 atom stereocenters. The Kier molecular flexibility index (Phi) is 4.42. The molecule has 1 aromatic rings. The first-order chi connectivity index (χ1) is 10.7. The van der Waals surface area contributed by atoms with Gasteiger partial charge in [-0.15, -0.1) is 0 Å². The molecule has 1 N–H and O–H groups in total. The maximum absolute atomic E-state index is 12.0. The Bertz CT molecular complexity index is 652. The van der Waals surface area contributed by atoms with E-state index in [9.17, 15) is 10.1 Å². The lowest BCUT2D eigenvalue weighted by atomic mass is 9.96. The van der Waals surface area contributed by atoms with Crippen LogP contribution in [0.3, 0.4) is 0 Å². The summed E-state index contributed by atoms with van der Waals surface area (Å²) >= 11 is 0. The zero-order valence-corrected chi connectivity index (χ0v) is 14.1. The van der Waals surface area contributed by atoms with Gasteiger partial charge in [0.2, 0.25) is 0 Å². The minimum absolute atomic E-state index is 0.399. The second-order valence-corrected chi connectivity index (χ2v) is 6.58. The molecular weight excluding hydrogens is 296 g/mol. The Hall–Kier alpha value is -2.42. The molecule has 0 aliphatic heterocycles. The molecule has 2 rings (SSSR count). The van der Waals surface area contributed by atoms with Crippen LogP contribution in [-0.4, -0.2) is 25.9 Å². The lowest BCUT2D eigenvalue weighted by Crippen LogP contribution is -2.27. The van der Waals surface area contributed by atoms with Gasteiger partial charge in [0.15, 0.2) is 11.5 Å². The molecule has 6 heteroatoms. The molecule has 0 unspecified atom stereocenters. The van der Waals surface area contributed by atoms with Crippen molar-refractivity contribution in [3.05, 3.63) is 17.7 Å². The monoisotopic (exact) mass is 318 g/mol. The molecule has 1 aliphatic rings. The second-order valence-electron chi connectivity index (χ2n) is 6.58. The summed E-state index contributed by atoms with van der Waals surface area (Å²) in [6, 6.07) is 5.87. The van der Waals surface area contributed by atoms with Crippen LogP contribution in [0.1, 0.15) is 39.2 Å². The third-order valence-corrected chi connectivity index (χ3v) is 3.63. The van der Waals surface area contributed by atoms with Gasteiger partial charge in [-0.05, 0) is 51.3 Å². The standard InChI is InChI=1S/C17H22N2O4/c1-16(2,3)23-15(20)19-12-8-11(17(10-18)6-7-17)9-13(21-4)14(12)22-5/h8-9H,6-7H2,1-5H3,(H,19,20). The molecule has 1 amide bonds. The number of nitriles is 1. The summed E-state index contributed by atoms with van der Waals surface area (Å²) in [5.41, 5.74) is 0.133. The van der Waals surface area contributed by atoms with Gasteiger partial charge in [0.05, 0.1) is 31.4 Å². The minimum atomic E-state index is -0.608. The van der Waals surface area contributed by atoms with Gasteiger partial charge < -0.3 is 14.2 Å². The number of methoxy groups -OCH3 is 2. The van der Waals surface area contributed by atoms with Crippen LogP contribution in [0.15, 0.2) is 12.1 Å². The average Bonchev–Trinajstić information content (AvgIpc) is 3.25. The maximum Gasteiger partial charge on any atom is 0.412 e. The Morgan fingerprint density at radius 1 is 1.26 bits per heavy atom. The highest BCUT2D eigenvalue weighted by Gasteiger charge is 2.45. The van der Waals surface area contributed by atoms with Crippen LogP contribution < -0.4 is 14.8 Å². The van der Waals surface area contributed by atoms with Gasteiger partial charge in [-0.3, -0.25) is 5.32 Å². The Morgan fingerprint density at radius 3 is 2.35 bits per heavy atom. The molecule has 6 nitrogen and oxygen atoms in total. The Balaban J connectivity index is 2.38. The number of carbonyl (C=O) groups is 1. The number of nitrogens with one attached hydrogen (secondary N) is 1. The van der Waals surface area contributed by atoms with Crippen LogP contribution in [0.4, 0.5) is 10.5 Å². The van der Waals surface area contributed by atoms with E-state index >= 15 is 0 Å². The Morgan fingerprint density at radius 2 is 1.91 bits per heavy atom. The fourth-order valence-corrected chi connectivity index (χ4v) is 2.34. The number of rotatable bonds is 4. The molecule has 1 saturated carbocycles. The van der Waals surface area contributed by atoms with E-state index in [2.05, 4.69) is 11.4 Å². The minimum Gasteiger partial charge on any atom is -0.493 e. The normalized spacial score (nSPS) is 15.3. The fraction of sp³-hybridized carbons (Fsp3) is 0.529. The van der Waals surface area contributed by atoms with Crippen LogP contribution >= 0.6 is 0 Å². The van der Waals surface area contributed by atoms with Crippen molar-refractivity contribution in [1.82, 2.24) is 0 Å². The molecule has 0 bridgehead atoms. The van der Waals surface area contributed by atoms with Crippen LogP contribution in [0.5, 0.6) is 11.5 Å². The van der Waals surface area contributed by atoms with Gasteiger partial charge in [-0.1, -0.05) is 0 Å². The van der Waals surface area contributed by atoms with Crippen molar-refractivity contribution in [3.63, 3.8) is 0 Å². The number of anilines is 1. The van der Waals surface area contributed by atoms with Crippen LogP contribution in [0.25, 0.3) is 0 Å². The first-order valence-electron chi connectivity index (χ1n) is 7.42. The summed E-state index contributed by atoms with van der Waals surface area (Å²) in [6.07, 6.45) is 1.01. The number of ether oxygens (including phenoxy) is 3. The summed E-state index contributed by atoms with van der Waals surface area (Å²) in [6.45, 7) is 5.36. The molecule has 1 aliphatic carbocycles. The van der Waals surface area contributed by atoms with Crippen molar-refractivity contribution in [2.24, 2.45) is 0 Å². The number of amides is 1. The van der Waals surface area contributed by atoms with Gasteiger partial charge >= 0.3 is 6.09 Å². The van der Waals surface area contributed by atoms with Crippen molar-refractivity contribution >= 4 is 11.8 Å². The highest BCUT2D eigenvalue weighted by molar-refractivity contribution is 5.88. The SMILES string of the molecule is COc1cc(C2(C#N)CC2)cc(NC(=O)OC(C)(C)C)c1OC. The number of carbonyl (C=O) groups excluding carboxylic acids is 1.